The maximum absolute atomic E-state index is 13.3. The van der Waals surface area contributed by atoms with E-state index in [2.05, 4.69) is 116 Å². The first-order chi connectivity index (χ1) is 41.3. The molecule has 0 aliphatic carbocycles. The van der Waals surface area contributed by atoms with Crippen LogP contribution in [0.3, 0.4) is 0 Å². The van der Waals surface area contributed by atoms with Gasteiger partial charge in [-0.1, -0.05) is 181 Å². The topological polar surface area (TPSA) is 307 Å². The van der Waals surface area contributed by atoms with Crippen LogP contribution in [-0.2, 0) is 33.2 Å². The molecule has 486 valence electrons. The number of unbranched alkanes of at least 4 members (excludes halogenated alkanes) is 13. The van der Waals surface area contributed by atoms with Gasteiger partial charge < -0.3 is 89.9 Å². The minimum absolute atomic E-state index is 0.220. The second kappa shape index (κ2) is 47.5. The summed E-state index contributed by atoms with van der Waals surface area (Å²) in [5, 5.41) is 120. The fraction of sp³-hybridized carbons (Fsp3) is 0.712. The molecule has 3 fully saturated rings. The molecule has 17 unspecified atom stereocenters. The van der Waals surface area contributed by atoms with E-state index in [-0.39, 0.29) is 18.9 Å². The van der Waals surface area contributed by atoms with E-state index in [0.29, 0.717) is 12.8 Å². The third-order valence-electron chi connectivity index (χ3n) is 15.1. The molecule has 0 bridgehead atoms. The number of allylic oxidation sites excluding steroid dienone is 17. The molecule has 0 radical (unpaired) electrons. The Labute approximate surface area is 506 Å². The number of carbonyl (C=O) groups is 1. The highest BCUT2D eigenvalue weighted by Gasteiger charge is 2.53. The molecule has 3 aliphatic heterocycles. The summed E-state index contributed by atoms with van der Waals surface area (Å²) in [7, 11) is 0. The zero-order valence-electron chi connectivity index (χ0n) is 50.8. The zero-order chi connectivity index (χ0) is 61.9. The van der Waals surface area contributed by atoms with Crippen molar-refractivity contribution >= 4 is 5.91 Å². The molecule has 19 heteroatoms. The van der Waals surface area contributed by atoms with Crippen LogP contribution in [-0.4, -0.2) is 193 Å². The monoisotopic (exact) mass is 1200 g/mol. The van der Waals surface area contributed by atoms with E-state index < -0.39 is 124 Å². The Bertz CT molecular complexity index is 1970. The second-order valence-corrected chi connectivity index (χ2v) is 22.1. The summed E-state index contributed by atoms with van der Waals surface area (Å²) >= 11 is 0. The Hall–Kier alpha value is -3.55. The summed E-state index contributed by atoms with van der Waals surface area (Å²) in [4.78, 5) is 13.3. The van der Waals surface area contributed by atoms with E-state index in [1.165, 1.54) is 32.1 Å². The molecule has 1 amide bonds. The highest BCUT2D eigenvalue weighted by atomic mass is 16.8. The third kappa shape index (κ3) is 30.5. The van der Waals surface area contributed by atoms with Gasteiger partial charge in [-0.25, -0.2) is 0 Å². The minimum atomic E-state index is -1.98. The molecule has 0 aromatic rings. The number of rotatable bonds is 45. The van der Waals surface area contributed by atoms with Gasteiger partial charge in [-0.05, 0) is 89.9 Å². The molecule has 19 nitrogen and oxygen atoms in total. The van der Waals surface area contributed by atoms with Gasteiger partial charge in [0.25, 0.3) is 0 Å². The smallest absolute Gasteiger partial charge is 0.220 e. The van der Waals surface area contributed by atoms with Crippen molar-refractivity contribution in [1.29, 1.82) is 0 Å². The molecular weight excluding hydrogens is 1090 g/mol. The number of carbonyl (C=O) groups excluding carboxylic acids is 1. The molecule has 0 saturated carbocycles. The van der Waals surface area contributed by atoms with E-state index >= 15 is 0 Å². The Morgan fingerprint density at radius 2 is 0.824 bits per heavy atom. The molecule has 3 rings (SSSR count). The van der Waals surface area contributed by atoms with Crippen LogP contribution >= 0.6 is 0 Å². The van der Waals surface area contributed by atoms with Crippen LogP contribution in [0.4, 0.5) is 0 Å². The van der Waals surface area contributed by atoms with Gasteiger partial charge in [0.15, 0.2) is 18.9 Å². The van der Waals surface area contributed by atoms with Crippen LogP contribution in [0.2, 0.25) is 0 Å². The van der Waals surface area contributed by atoms with E-state index in [1.807, 2.05) is 6.08 Å². The summed E-state index contributed by atoms with van der Waals surface area (Å²) in [5.41, 5.74) is 0. The zero-order valence-corrected chi connectivity index (χ0v) is 50.8. The van der Waals surface area contributed by atoms with Gasteiger partial charge in [0.2, 0.25) is 5.91 Å². The van der Waals surface area contributed by atoms with Gasteiger partial charge in [0, 0.05) is 6.42 Å². The number of hydrogen-bond acceptors (Lipinski definition) is 18. The van der Waals surface area contributed by atoms with Gasteiger partial charge in [0.05, 0.1) is 38.6 Å². The summed E-state index contributed by atoms with van der Waals surface area (Å²) in [6.45, 7) is 1.49. The first-order valence-corrected chi connectivity index (χ1v) is 31.6. The maximum atomic E-state index is 13.3. The van der Waals surface area contributed by atoms with Crippen molar-refractivity contribution in [3.8, 4) is 0 Å². The normalized spacial score (nSPS) is 29.7. The number of aliphatic hydroxyl groups is 11. The molecule has 0 aromatic carbocycles. The molecule has 3 aliphatic rings. The highest BCUT2D eigenvalue weighted by molar-refractivity contribution is 5.76. The average Bonchev–Trinajstić information content (AvgIpc) is 2.29. The van der Waals surface area contributed by atoms with Crippen LogP contribution in [0, 0.1) is 0 Å². The largest absolute Gasteiger partial charge is 0.394 e. The van der Waals surface area contributed by atoms with E-state index in [9.17, 15) is 61.0 Å². The molecule has 0 spiro atoms. The fourth-order valence-electron chi connectivity index (χ4n) is 9.89. The predicted molar refractivity (Wildman–Crippen MR) is 327 cm³/mol. The van der Waals surface area contributed by atoms with Crippen LogP contribution < -0.4 is 5.32 Å². The van der Waals surface area contributed by atoms with Crippen LogP contribution in [0.15, 0.2) is 109 Å². The van der Waals surface area contributed by atoms with Crippen molar-refractivity contribution in [3.63, 3.8) is 0 Å². The second-order valence-electron chi connectivity index (χ2n) is 22.1. The molecule has 12 N–H and O–H groups in total. The lowest BCUT2D eigenvalue weighted by atomic mass is 9.96. The SMILES string of the molecule is CC/C=C\C/C=C\C/C=C\C/C=C\C/C=C\C/C=C\C/C=C\CCCCCCCCCCCC(=O)NC(COC1OC(CO)C(OC2OC(CO)C(OC3OC(CO)C(O)C(O)C3O)C(O)C2O)C(O)C1O)C(O)/C=C/CC/C=C/CCCCC. The molecule has 17 atom stereocenters. The van der Waals surface area contributed by atoms with Gasteiger partial charge >= 0.3 is 0 Å². The minimum Gasteiger partial charge on any atom is -0.394 e. The molecule has 3 saturated heterocycles. The summed E-state index contributed by atoms with van der Waals surface area (Å²) < 4.78 is 34.2. The summed E-state index contributed by atoms with van der Waals surface area (Å²) in [5.74, 6) is -0.301. The standard InChI is InChI=1S/C66H109NO18/c1-3-5-7-9-11-13-14-15-16-17-18-19-20-21-22-23-24-25-26-27-28-29-30-31-32-33-34-36-38-40-42-44-54(72)67-49(50(71)43-41-39-37-35-12-10-8-6-4-2)48-80-64-60(78)57(75)62(52(46-69)82-64)85-66-61(79)58(76)63(53(47-70)83-66)84-65-59(77)56(74)55(73)51(45-68)81-65/h5,7,11-13,15-16,18-19,21-22,24-25,27-28,35,41,43,49-53,55-66,68-71,73-79H,3-4,6,8-10,14,17,20,23,26,29-34,36-40,42,44-48H2,1-2H3,(H,67,72)/b7-5-,13-11-,16-15-,19-18-,22-21-,25-24-,28-27-,35-12+,43-41+. The van der Waals surface area contributed by atoms with E-state index in [0.717, 1.165) is 103 Å². The van der Waals surface area contributed by atoms with Gasteiger partial charge in [-0.15, -0.1) is 0 Å². The Balaban J connectivity index is 1.39. The molecule has 85 heavy (non-hydrogen) atoms. The first kappa shape index (κ1) is 75.7. The number of hydrogen-bond donors (Lipinski definition) is 12. The quantitative estimate of drug-likeness (QED) is 0.0223. The van der Waals surface area contributed by atoms with E-state index in [1.54, 1.807) is 6.08 Å². The lowest BCUT2D eigenvalue weighted by molar-refractivity contribution is -0.379. The lowest BCUT2D eigenvalue weighted by Crippen LogP contribution is -2.66. The first-order valence-electron chi connectivity index (χ1n) is 31.6. The highest BCUT2D eigenvalue weighted by Crippen LogP contribution is 2.33. The van der Waals surface area contributed by atoms with Gasteiger partial charge in [0.1, 0.15) is 73.2 Å². The number of amides is 1. The summed E-state index contributed by atoms with van der Waals surface area (Å²) in [6.07, 6.45) is 35.3. The molecular formula is C66H109NO18. The fourth-order valence-corrected chi connectivity index (χ4v) is 9.89. The molecule has 0 aromatic heterocycles. The van der Waals surface area contributed by atoms with Crippen molar-refractivity contribution in [1.82, 2.24) is 5.32 Å². The van der Waals surface area contributed by atoms with Crippen molar-refractivity contribution in [2.75, 3.05) is 26.4 Å². The summed E-state index contributed by atoms with van der Waals surface area (Å²) in [6, 6.07) is -0.998. The number of nitrogens with one attached hydrogen (secondary N) is 1. The average molecular weight is 1200 g/mol. The Morgan fingerprint density at radius 3 is 1.32 bits per heavy atom. The van der Waals surface area contributed by atoms with Crippen LogP contribution in [0.25, 0.3) is 0 Å². The van der Waals surface area contributed by atoms with Crippen molar-refractivity contribution in [2.24, 2.45) is 0 Å². The lowest BCUT2D eigenvalue weighted by Gasteiger charge is -2.48. The third-order valence-corrected chi connectivity index (χ3v) is 15.1. The number of aliphatic hydroxyl groups excluding tert-OH is 11. The molecule has 3 heterocycles. The van der Waals surface area contributed by atoms with Crippen molar-refractivity contribution < 1.29 is 89.4 Å². The van der Waals surface area contributed by atoms with Crippen LogP contribution in [0.1, 0.15) is 168 Å². The van der Waals surface area contributed by atoms with Gasteiger partial charge in [-0.2, -0.15) is 0 Å². The predicted octanol–water partition coefficient (Wildman–Crippen LogP) is 6.71. The van der Waals surface area contributed by atoms with Crippen molar-refractivity contribution in [2.45, 2.75) is 272 Å². The maximum Gasteiger partial charge on any atom is 0.220 e. The van der Waals surface area contributed by atoms with Gasteiger partial charge in [-0.3, -0.25) is 4.79 Å². The Morgan fingerprint density at radius 1 is 0.435 bits per heavy atom. The Kier molecular flexibility index (Phi) is 42.3. The number of ether oxygens (including phenoxy) is 6. The van der Waals surface area contributed by atoms with Crippen LogP contribution in [0.5, 0.6) is 0 Å². The van der Waals surface area contributed by atoms with Crippen molar-refractivity contribution in [3.05, 3.63) is 109 Å². The van der Waals surface area contributed by atoms with E-state index in [4.69, 9.17) is 28.4 Å².